The van der Waals surface area contributed by atoms with E-state index in [-0.39, 0.29) is 6.79 Å². The largest absolute Gasteiger partial charge is 0.494 e. The maximum absolute atomic E-state index is 6.25. The van der Waals surface area contributed by atoms with Crippen molar-refractivity contribution in [2.75, 3.05) is 33.7 Å². The Morgan fingerprint density at radius 1 is 0.618 bits per heavy atom. The lowest BCUT2D eigenvalue weighted by Gasteiger charge is -2.19. The van der Waals surface area contributed by atoms with Gasteiger partial charge in [-0.1, -0.05) is 99.7 Å². The van der Waals surface area contributed by atoms with Crippen LogP contribution in [0, 0.1) is 0 Å². The molecule has 0 fully saturated rings. The van der Waals surface area contributed by atoms with Crippen molar-refractivity contribution in [3.8, 4) is 33.8 Å². The van der Waals surface area contributed by atoms with Gasteiger partial charge in [0.25, 0.3) is 0 Å². The van der Waals surface area contributed by atoms with Gasteiger partial charge < -0.3 is 18.9 Å². The molecule has 182 valence electrons. The van der Waals surface area contributed by atoms with Crippen LogP contribution in [0.5, 0.6) is 11.5 Å². The number of unbranched alkanes of at least 4 members (excludes halogenated alkanes) is 5. The maximum Gasteiger partial charge on any atom is 0.189 e. The Morgan fingerprint density at radius 2 is 1.21 bits per heavy atom. The second-order valence-electron chi connectivity index (χ2n) is 8.36. The fourth-order valence-corrected chi connectivity index (χ4v) is 3.88. The van der Waals surface area contributed by atoms with E-state index in [1.54, 1.807) is 7.11 Å². The minimum absolute atomic E-state index is 0.154. The molecule has 0 amide bonds. The second kappa shape index (κ2) is 15.2. The highest BCUT2D eigenvalue weighted by molar-refractivity contribution is 5.84. The van der Waals surface area contributed by atoms with Crippen LogP contribution in [0.1, 0.15) is 45.4 Å². The lowest BCUT2D eigenvalue weighted by Crippen LogP contribution is -2.09. The first-order valence-electron chi connectivity index (χ1n) is 12.4. The molecule has 3 aromatic rings. The van der Waals surface area contributed by atoms with Crippen molar-refractivity contribution < 1.29 is 18.9 Å². The van der Waals surface area contributed by atoms with Crippen LogP contribution in [0.25, 0.3) is 22.3 Å². The van der Waals surface area contributed by atoms with E-state index in [1.807, 2.05) is 36.4 Å². The number of benzene rings is 3. The van der Waals surface area contributed by atoms with E-state index in [9.17, 15) is 0 Å². The van der Waals surface area contributed by atoms with Gasteiger partial charge in [-0.3, -0.25) is 0 Å². The first kappa shape index (κ1) is 25.8. The summed E-state index contributed by atoms with van der Waals surface area (Å²) in [5.74, 6) is 1.65. The first-order chi connectivity index (χ1) is 16.8. The molecule has 0 saturated carbocycles. The van der Waals surface area contributed by atoms with Crippen LogP contribution in [0.4, 0.5) is 0 Å². The van der Waals surface area contributed by atoms with Gasteiger partial charge >= 0.3 is 0 Å². The maximum atomic E-state index is 6.25. The Balaban J connectivity index is 1.86. The summed E-state index contributed by atoms with van der Waals surface area (Å²) in [5, 5.41) is 0. The van der Waals surface area contributed by atoms with Crippen LogP contribution in [0.3, 0.4) is 0 Å². The number of hydrogen-bond donors (Lipinski definition) is 0. The van der Waals surface area contributed by atoms with Crippen LogP contribution >= 0.6 is 0 Å². The van der Waals surface area contributed by atoms with Crippen LogP contribution in [0.2, 0.25) is 0 Å². The lowest BCUT2D eigenvalue weighted by atomic mass is 9.96. The molecule has 0 unspecified atom stereocenters. The van der Waals surface area contributed by atoms with Gasteiger partial charge in [-0.15, -0.1) is 0 Å². The smallest absolute Gasteiger partial charge is 0.189 e. The topological polar surface area (TPSA) is 36.9 Å². The van der Waals surface area contributed by atoms with E-state index >= 15 is 0 Å². The van der Waals surface area contributed by atoms with E-state index < -0.39 is 0 Å². The molecular formula is C30H38O4. The van der Waals surface area contributed by atoms with E-state index in [1.165, 1.54) is 32.1 Å². The summed E-state index contributed by atoms with van der Waals surface area (Å²) in [5.41, 5.74) is 4.15. The van der Waals surface area contributed by atoms with E-state index in [2.05, 4.69) is 43.3 Å². The molecule has 0 aliphatic carbocycles. The van der Waals surface area contributed by atoms with Gasteiger partial charge in [0.1, 0.15) is 11.5 Å². The third-order valence-corrected chi connectivity index (χ3v) is 5.72. The Bertz CT molecular complexity index is 880. The highest BCUT2D eigenvalue weighted by Gasteiger charge is 2.17. The summed E-state index contributed by atoms with van der Waals surface area (Å²) in [6.07, 6.45) is 7.45. The number of methoxy groups -OCH3 is 1. The Labute approximate surface area is 204 Å². The van der Waals surface area contributed by atoms with Crippen molar-refractivity contribution in [2.24, 2.45) is 0 Å². The number of hydrogen-bond acceptors (Lipinski definition) is 4. The molecule has 4 nitrogen and oxygen atoms in total. The summed E-state index contributed by atoms with van der Waals surface area (Å²) in [4.78, 5) is 0. The predicted octanol–water partition coefficient (Wildman–Crippen LogP) is 7.76. The van der Waals surface area contributed by atoms with Crippen LogP contribution in [0.15, 0.2) is 72.8 Å². The second-order valence-corrected chi connectivity index (χ2v) is 8.36. The van der Waals surface area contributed by atoms with Gasteiger partial charge in [0.05, 0.1) is 19.8 Å². The van der Waals surface area contributed by atoms with Gasteiger partial charge in [-0.05, 0) is 29.7 Å². The van der Waals surface area contributed by atoms with E-state index in [0.717, 1.165) is 46.8 Å². The molecule has 0 N–H and O–H groups in total. The van der Waals surface area contributed by atoms with Gasteiger partial charge in [0.2, 0.25) is 0 Å². The van der Waals surface area contributed by atoms with Crippen molar-refractivity contribution in [1.82, 2.24) is 0 Å². The summed E-state index contributed by atoms with van der Waals surface area (Å²) in [6.45, 7) is 4.13. The third kappa shape index (κ3) is 8.19. The minimum Gasteiger partial charge on any atom is -0.494 e. The molecule has 0 bridgehead atoms. The van der Waals surface area contributed by atoms with Crippen molar-refractivity contribution in [1.29, 1.82) is 0 Å². The molecule has 0 aromatic heterocycles. The fourth-order valence-electron chi connectivity index (χ4n) is 3.88. The molecule has 4 heteroatoms. The summed E-state index contributed by atoms with van der Waals surface area (Å²) in [6, 6.07) is 24.8. The zero-order valence-corrected chi connectivity index (χ0v) is 20.6. The zero-order valence-electron chi connectivity index (χ0n) is 20.6. The zero-order chi connectivity index (χ0) is 23.8. The van der Waals surface area contributed by atoms with Crippen LogP contribution in [-0.4, -0.2) is 33.7 Å². The van der Waals surface area contributed by atoms with Gasteiger partial charge in [0.15, 0.2) is 6.79 Å². The van der Waals surface area contributed by atoms with Gasteiger partial charge in [-0.2, -0.15) is 0 Å². The molecule has 0 aliphatic rings. The van der Waals surface area contributed by atoms with Gasteiger partial charge in [0, 0.05) is 18.2 Å². The number of rotatable bonds is 16. The summed E-state index contributed by atoms with van der Waals surface area (Å²) in [7, 11) is 1.66. The highest BCUT2D eigenvalue weighted by Crippen LogP contribution is 2.42. The van der Waals surface area contributed by atoms with Crippen LogP contribution < -0.4 is 9.47 Å². The molecule has 0 heterocycles. The summed E-state index contributed by atoms with van der Waals surface area (Å²) >= 11 is 0. The molecule has 0 radical (unpaired) electrons. The lowest BCUT2D eigenvalue weighted by molar-refractivity contribution is -0.00799. The Kier molecular flexibility index (Phi) is 11.5. The molecule has 3 rings (SSSR count). The standard InChI is InChI=1S/C30H38O4/c1-3-4-5-6-7-14-19-33-27-22-28(25-15-10-8-11-16-25)30(34-24-32-21-20-31-2)29(23-27)26-17-12-9-13-18-26/h8-13,15-18,22-23H,3-7,14,19-21,24H2,1-2H3. The average molecular weight is 463 g/mol. The predicted molar refractivity (Wildman–Crippen MR) is 140 cm³/mol. The van der Waals surface area contributed by atoms with Crippen LogP contribution in [-0.2, 0) is 9.47 Å². The molecular weight excluding hydrogens is 424 g/mol. The number of ether oxygens (including phenoxy) is 4. The molecule has 0 aliphatic heterocycles. The quantitative estimate of drug-likeness (QED) is 0.161. The molecule has 0 saturated heterocycles. The third-order valence-electron chi connectivity index (χ3n) is 5.72. The Morgan fingerprint density at radius 3 is 1.79 bits per heavy atom. The van der Waals surface area contributed by atoms with Crippen molar-refractivity contribution in [3.63, 3.8) is 0 Å². The highest BCUT2D eigenvalue weighted by atomic mass is 16.7. The molecule has 3 aromatic carbocycles. The summed E-state index contributed by atoms with van der Waals surface area (Å²) < 4.78 is 23.2. The normalized spacial score (nSPS) is 10.9. The van der Waals surface area contributed by atoms with E-state index in [0.29, 0.717) is 13.2 Å². The molecule has 34 heavy (non-hydrogen) atoms. The molecule has 0 atom stereocenters. The van der Waals surface area contributed by atoms with Crippen molar-refractivity contribution >= 4 is 0 Å². The van der Waals surface area contributed by atoms with Crippen molar-refractivity contribution in [2.45, 2.75) is 45.4 Å². The molecule has 0 spiro atoms. The minimum atomic E-state index is 0.154. The Hall–Kier alpha value is -2.82. The average Bonchev–Trinajstić information content (AvgIpc) is 2.89. The fraction of sp³-hybridized carbons (Fsp3) is 0.400. The SMILES string of the molecule is CCCCCCCCOc1cc(-c2ccccc2)c(OCOCCOC)c(-c2ccccc2)c1. The monoisotopic (exact) mass is 462 g/mol. The van der Waals surface area contributed by atoms with E-state index in [4.69, 9.17) is 18.9 Å². The van der Waals surface area contributed by atoms with Crippen molar-refractivity contribution in [3.05, 3.63) is 72.8 Å². The first-order valence-corrected chi connectivity index (χ1v) is 12.4. The van der Waals surface area contributed by atoms with Gasteiger partial charge in [-0.25, -0.2) is 0 Å².